The van der Waals surface area contributed by atoms with E-state index >= 15 is 0 Å². The maximum atomic E-state index is 14.0. The number of rotatable bonds is 3. The lowest BCUT2D eigenvalue weighted by Gasteiger charge is -2.63. The van der Waals surface area contributed by atoms with E-state index in [4.69, 9.17) is 5.73 Å². The van der Waals surface area contributed by atoms with Crippen molar-refractivity contribution in [3.8, 4) is 0 Å². The van der Waals surface area contributed by atoms with Crippen LogP contribution in [0.1, 0.15) is 70.8 Å². The van der Waals surface area contributed by atoms with Gasteiger partial charge in [-0.25, -0.2) is 0 Å². The first-order chi connectivity index (χ1) is 13.9. The Kier molecular flexibility index (Phi) is 4.47. The van der Waals surface area contributed by atoms with Crippen LogP contribution in [0.2, 0.25) is 0 Å². The van der Waals surface area contributed by atoms with Crippen LogP contribution in [0.15, 0.2) is 42.0 Å². The zero-order valence-corrected chi connectivity index (χ0v) is 18.1. The van der Waals surface area contributed by atoms with Crippen LogP contribution in [0.3, 0.4) is 0 Å². The number of carbonyl (C=O) groups is 1. The molecule has 5 fully saturated rings. The van der Waals surface area contributed by atoms with Gasteiger partial charge in [0.15, 0.2) is 0 Å². The Bertz CT molecular complexity index is 796. The van der Waals surface area contributed by atoms with Crippen LogP contribution in [0, 0.1) is 17.3 Å². The van der Waals surface area contributed by atoms with Gasteiger partial charge >= 0.3 is 0 Å². The molecule has 1 aromatic rings. The molecule has 4 aliphatic carbocycles. The van der Waals surface area contributed by atoms with Crippen LogP contribution in [0.25, 0.3) is 0 Å². The fraction of sp³-hybridized carbons (Fsp3) is 0.654. The van der Waals surface area contributed by atoms with E-state index in [1.807, 2.05) is 0 Å². The van der Waals surface area contributed by atoms with Crippen molar-refractivity contribution in [2.45, 2.75) is 76.2 Å². The minimum Gasteiger partial charge on any atom is -0.342 e. The van der Waals surface area contributed by atoms with Crippen LogP contribution in [-0.4, -0.2) is 29.4 Å². The maximum absolute atomic E-state index is 14.0. The van der Waals surface area contributed by atoms with Crippen molar-refractivity contribution in [2.75, 3.05) is 13.1 Å². The Morgan fingerprint density at radius 2 is 1.72 bits per heavy atom. The Morgan fingerprint density at radius 1 is 1.10 bits per heavy atom. The van der Waals surface area contributed by atoms with Crippen molar-refractivity contribution >= 4 is 5.91 Å². The number of hydrogen-bond donors (Lipinski definition) is 1. The Labute approximate surface area is 175 Å². The summed E-state index contributed by atoms with van der Waals surface area (Å²) in [5.74, 6) is 1.62. The number of piperidine rings is 1. The van der Waals surface area contributed by atoms with E-state index in [9.17, 15) is 4.79 Å². The van der Waals surface area contributed by atoms with Gasteiger partial charge in [0.25, 0.3) is 0 Å². The van der Waals surface area contributed by atoms with Crippen LogP contribution < -0.4 is 5.73 Å². The molecule has 0 radical (unpaired) electrons. The first-order valence-corrected chi connectivity index (χ1v) is 11.7. The minimum atomic E-state index is -0.158. The summed E-state index contributed by atoms with van der Waals surface area (Å²) in [4.78, 5) is 16.1. The minimum absolute atomic E-state index is 0.111. The Hall–Kier alpha value is -1.61. The summed E-state index contributed by atoms with van der Waals surface area (Å²) >= 11 is 0. The van der Waals surface area contributed by atoms with Crippen molar-refractivity contribution in [3.63, 3.8) is 0 Å². The van der Waals surface area contributed by atoms with Crippen molar-refractivity contribution in [1.29, 1.82) is 0 Å². The molecule has 1 amide bonds. The van der Waals surface area contributed by atoms with E-state index in [1.165, 1.54) is 18.4 Å². The molecule has 1 aromatic carbocycles. The molecule has 1 heterocycles. The highest BCUT2D eigenvalue weighted by Gasteiger charge is 2.63. The first kappa shape index (κ1) is 19.4. The lowest BCUT2D eigenvalue weighted by Crippen LogP contribution is -2.61. The van der Waals surface area contributed by atoms with Gasteiger partial charge in [-0.05, 0) is 81.1 Å². The fourth-order valence-electron chi connectivity index (χ4n) is 7.44. The first-order valence-electron chi connectivity index (χ1n) is 11.7. The average molecular weight is 393 g/mol. The number of hydrogen-bond acceptors (Lipinski definition) is 2. The van der Waals surface area contributed by atoms with Crippen molar-refractivity contribution in [2.24, 2.45) is 23.0 Å². The van der Waals surface area contributed by atoms with Gasteiger partial charge < -0.3 is 10.6 Å². The van der Waals surface area contributed by atoms with Crippen LogP contribution >= 0.6 is 0 Å². The summed E-state index contributed by atoms with van der Waals surface area (Å²) in [5.41, 5.74) is 9.41. The van der Waals surface area contributed by atoms with Crippen LogP contribution in [-0.2, 0) is 10.2 Å². The molecular formula is C26H36N2O. The van der Waals surface area contributed by atoms with Gasteiger partial charge in [0.2, 0.25) is 5.91 Å². The summed E-state index contributed by atoms with van der Waals surface area (Å²) in [6.07, 6.45) is 11.1. The van der Waals surface area contributed by atoms with Gasteiger partial charge in [-0.2, -0.15) is 0 Å². The molecule has 3 nitrogen and oxygen atoms in total. The molecule has 156 valence electrons. The second kappa shape index (κ2) is 6.70. The van der Waals surface area contributed by atoms with Gasteiger partial charge in [0.05, 0.1) is 5.41 Å². The molecule has 4 saturated carbocycles. The molecule has 1 aliphatic heterocycles. The van der Waals surface area contributed by atoms with E-state index in [1.54, 1.807) is 5.57 Å². The standard InChI is InChI=1S/C26H36N2O/c1-3-7-22-19-14-25(21-8-5-4-6-9-21)15-20(22)17-26(16-19,18-25)23(29)28-12-10-24(2,27)11-13-28/h4-9,19-20H,3,10-18,27H2,1-2H3. The largest absolute Gasteiger partial charge is 0.342 e. The highest BCUT2D eigenvalue weighted by molar-refractivity contribution is 5.84. The third-order valence-electron chi connectivity index (χ3n) is 8.64. The lowest BCUT2D eigenvalue weighted by molar-refractivity contribution is -0.157. The third-order valence-corrected chi connectivity index (χ3v) is 8.64. The van der Waals surface area contributed by atoms with Crippen molar-refractivity contribution in [1.82, 2.24) is 4.90 Å². The SMILES string of the molecule is CCC=C1C2CC3(C(=O)N4CCC(C)(N)CC4)CC1CC(c1ccccc1)(C2)C3. The fourth-order valence-corrected chi connectivity index (χ4v) is 7.44. The molecular weight excluding hydrogens is 356 g/mol. The number of amides is 1. The molecule has 2 atom stereocenters. The number of nitrogens with zero attached hydrogens (tertiary/aromatic N) is 1. The molecule has 3 heteroatoms. The Balaban J connectivity index is 1.49. The van der Waals surface area contributed by atoms with Gasteiger partial charge in [-0.15, -0.1) is 0 Å². The molecule has 2 N–H and O–H groups in total. The van der Waals surface area contributed by atoms with Gasteiger partial charge in [-0.3, -0.25) is 4.79 Å². The topological polar surface area (TPSA) is 46.3 Å². The molecule has 29 heavy (non-hydrogen) atoms. The number of allylic oxidation sites excluding steroid dienone is 2. The van der Waals surface area contributed by atoms with Gasteiger partial charge in [-0.1, -0.05) is 48.9 Å². The summed E-state index contributed by atoms with van der Waals surface area (Å²) in [6, 6.07) is 11.1. The van der Waals surface area contributed by atoms with Crippen LogP contribution in [0.5, 0.6) is 0 Å². The second-order valence-corrected chi connectivity index (χ2v) is 10.9. The van der Waals surface area contributed by atoms with Crippen LogP contribution in [0.4, 0.5) is 0 Å². The lowest BCUT2D eigenvalue weighted by atomic mass is 9.41. The zero-order chi connectivity index (χ0) is 20.3. The average Bonchev–Trinajstić information content (AvgIpc) is 2.70. The molecule has 0 aromatic heterocycles. The number of nitrogens with two attached hydrogens (primary N) is 1. The van der Waals surface area contributed by atoms with Gasteiger partial charge in [0.1, 0.15) is 0 Å². The van der Waals surface area contributed by atoms with Gasteiger partial charge in [0, 0.05) is 18.6 Å². The monoisotopic (exact) mass is 392 g/mol. The van der Waals surface area contributed by atoms with E-state index in [0.29, 0.717) is 17.7 Å². The number of carbonyl (C=O) groups excluding carboxylic acids is 1. The van der Waals surface area contributed by atoms with E-state index in [0.717, 1.165) is 51.6 Å². The summed E-state index contributed by atoms with van der Waals surface area (Å²) in [5, 5.41) is 0. The third kappa shape index (κ3) is 3.08. The predicted molar refractivity (Wildman–Crippen MR) is 117 cm³/mol. The molecule has 0 spiro atoms. The molecule has 6 rings (SSSR count). The van der Waals surface area contributed by atoms with E-state index in [2.05, 4.69) is 55.2 Å². The van der Waals surface area contributed by atoms with Crippen molar-refractivity contribution in [3.05, 3.63) is 47.5 Å². The zero-order valence-electron chi connectivity index (χ0n) is 18.1. The normalized spacial score (nSPS) is 37.6. The quantitative estimate of drug-likeness (QED) is 0.750. The molecule has 2 unspecified atom stereocenters. The number of likely N-dealkylation sites (tertiary alicyclic amines) is 1. The number of benzene rings is 1. The second-order valence-electron chi connectivity index (χ2n) is 10.9. The Morgan fingerprint density at radius 3 is 2.31 bits per heavy atom. The maximum Gasteiger partial charge on any atom is 0.228 e. The molecule has 1 saturated heterocycles. The van der Waals surface area contributed by atoms with Crippen molar-refractivity contribution < 1.29 is 4.79 Å². The summed E-state index contributed by atoms with van der Waals surface area (Å²) in [7, 11) is 0. The molecule has 4 bridgehead atoms. The highest BCUT2D eigenvalue weighted by atomic mass is 16.2. The highest BCUT2D eigenvalue weighted by Crippen LogP contribution is 2.67. The predicted octanol–water partition coefficient (Wildman–Crippen LogP) is 4.81. The molecule has 5 aliphatic rings. The van der Waals surface area contributed by atoms with E-state index < -0.39 is 0 Å². The van der Waals surface area contributed by atoms with E-state index in [-0.39, 0.29) is 16.4 Å². The smallest absolute Gasteiger partial charge is 0.228 e. The summed E-state index contributed by atoms with van der Waals surface area (Å²) < 4.78 is 0. The summed E-state index contributed by atoms with van der Waals surface area (Å²) in [6.45, 7) is 6.05.